The molecular formula is C34H28O2. The fraction of sp³-hybridized carbons (Fsp3) is 0.176. The van der Waals surface area contributed by atoms with E-state index in [1.807, 2.05) is 48.5 Å². The molecule has 0 N–H and O–H groups in total. The average Bonchev–Trinajstić information content (AvgIpc) is 3.29. The zero-order chi connectivity index (χ0) is 25.1. The number of hydrogen-bond acceptors (Lipinski definition) is 2. The van der Waals surface area contributed by atoms with Gasteiger partial charge in [-0.25, -0.2) is 0 Å². The lowest BCUT2D eigenvalue weighted by Crippen LogP contribution is -2.14. The number of benzene rings is 4. The van der Waals surface area contributed by atoms with E-state index in [1.165, 1.54) is 0 Å². The van der Waals surface area contributed by atoms with Gasteiger partial charge in [-0.05, 0) is 49.9 Å². The average molecular weight is 469 g/mol. The summed E-state index contributed by atoms with van der Waals surface area (Å²) in [5.74, 6) is -0.594. The van der Waals surface area contributed by atoms with Gasteiger partial charge < -0.3 is 0 Å². The van der Waals surface area contributed by atoms with Crippen molar-refractivity contribution in [3.63, 3.8) is 0 Å². The number of carbonyl (C=O) groups is 2. The number of rotatable bonds is 2. The molecule has 0 spiro atoms. The minimum Gasteiger partial charge on any atom is -0.289 e. The van der Waals surface area contributed by atoms with Crippen LogP contribution in [0.15, 0.2) is 96.1 Å². The number of hydrogen-bond donors (Lipinski definition) is 0. The second kappa shape index (κ2) is 8.27. The topological polar surface area (TPSA) is 34.1 Å². The molecule has 0 saturated carbocycles. The Morgan fingerprint density at radius 2 is 0.806 bits per heavy atom. The summed E-state index contributed by atoms with van der Waals surface area (Å²) in [4.78, 5) is 28.3. The molecule has 4 aromatic rings. The van der Waals surface area contributed by atoms with Gasteiger partial charge in [0.2, 0.25) is 0 Å². The van der Waals surface area contributed by atoms with Crippen molar-refractivity contribution in [3.05, 3.63) is 152 Å². The molecule has 2 nitrogen and oxygen atoms in total. The van der Waals surface area contributed by atoms with Crippen LogP contribution in [0.2, 0.25) is 0 Å². The Hall–Kier alpha value is -4.04. The molecule has 2 aliphatic rings. The first-order valence-corrected chi connectivity index (χ1v) is 12.5. The van der Waals surface area contributed by atoms with Crippen molar-refractivity contribution in [1.29, 1.82) is 0 Å². The summed E-state index contributed by atoms with van der Waals surface area (Å²) >= 11 is 0. The Labute approximate surface area is 212 Å². The predicted molar refractivity (Wildman–Crippen MR) is 144 cm³/mol. The molecule has 0 heterocycles. The van der Waals surface area contributed by atoms with Gasteiger partial charge in [-0.15, -0.1) is 0 Å². The molecular weight excluding hydrogens is 440 g/mol. The van der Waals surface area contributed by atoms with E-state index in [1.54, 1.807) is 0 Å². The smallest absolute Gasteiger partial charge is 0.190 e. The first-order valence-electron chi connectivity index (χ1n) is 12.5. The van der Waals surface area contributed by atoms with Gasteiger partial charge in [0.05, 0.1) is 0 Å². The monoisotopic (exact) mass is 468 g/mol. The molecule has 0 radical (unpaired) electrons. The summed E-state index contributed by atoms with van der Waals surface area (Å²) in [6.45, 7) is 8.34. The van der Waals surface area contributed by atoms with E-state index in [0.717, 1.165) is 44.5 Å². The van der Waals surface area contributed by atoms with E-state index in [4.69, 9.17) is 0 Å². The molecule has 6 rings (SSSR count). The van der Waals surface area contributed by atoms with Crippen LogP contribution in [-0.4, -0.2) is 11.6 Å². The third kappa shape index (κ3) is 3.40. The molecule has 2 heteroatoms. The summed E-state index contributed by atoms with van der Waals surface area (Å²) in [7, 11) is 0. The highest BCUT2D eigenvalue weighted by Gasteiger charge is 2.45. The van der Waals surface area contributed by atoms with E-state index in [9.17, 15) is 9.59 Å². The van der Waals surface area contributed by atoms with Crippen molar-refractivity contribution in [3.8, 4) is 0 Å². The summed E-state index contributed by atoms with van der Waals surface area (Å²) in [6, 6.07) is 28.6. The van der Waals surface area contributed by atoms with Gasteiger partial charge in [-0.1, -0.05) is 107 Å². The predicted octanol–water partition coefficient (Wildman–Crippen LogP) is 7.57. The molecule has 0 fully saturated rings. The van der Waals surface area contributed by atoms with Crippen molar-refractivity contribution in [1.82, 2.24) is 0 Å². The van der Waals surface area contributed by atoms with Gasteiger partial charge in [0.25, 0.3) is 0 Å². The number of aryl methyl sites for hydroxylation is 4. The molecule has 176 valence electrons. The van der Waals surface area contributed by atoms with Crippen LogP contribution in [0.25, 0.3) is 0 Å². The third-order valence-electron chi connectivity index (χ3n) is 7.54. The highest BCUT2D eigenvalue weighted by atomic mass is 16.1. The summed E-state index contributed by atoms with van der Waals surface area (Å²) in [5.41, 5.74) is 11.4. The fourth-order valence-electron chi connectivity index (χ4n) is 6.38. The molecule has 2 aliphatic carbocycles. The molecule has 0 amide bonds. The van der Waals surface area contributed by atoms with Crippen molar-refractivity contribution in [2.75, 3.05) is 0 Å². The first-order chi connectivity index (χ1) is 17.3. The lowest BCUT2D eigenvalue weighted by Gasteiger charge is -2.21. The maximum absolute atomic E-state index is 14.1. The number of carbonyl (C=O) groups excluding carboxylic acids is 2. The van der Waals surface area contributed by atoms with Gasteiger partial charge in [0.1, 0.15) is 0 Å². The van der Waals surface area contributed by atoms with Gasteiger partial charge >= 0.3 is 0 Å². The van der Waals surface area contributed by atoms with Crippen LogP contribution < -0.4 is 0 Å². The molecule has 0 saturated heterocycles. The minimum absolute atomic E-state index is 0.0275. The van der Waals surface area contributed by atoms with Crippen LogP contribution in [0.1, 0.15) is 77.1 Å². The second-order valence-electron chi connectivity index (χ2n) is 10.4. The normalized spacial score (nSPS) is 20.6. The fourth-order valence-corrected chi connectivity index (χ4v) is 6.38. The molecule has 0 bridgehead atoms. The molecule has 36 heavy (non-hydrogen) atoms. The maximum atomic E-state index is 14.1. The number of fused-ring (bicyclic) bond motifs is 2. The van der Waals surface area contributed by atoms with Gasteiger partial charge in [-0.2, -0.15) is 0 Å². The van der Waals surface area contributed by atoms with Crippen LogP contribution in [0.3, 0.4) is 0 Å². The molecule has 0 unspecified atom stereocenters. The Kier molecular flexibility index (Phi) is 5.15. The molecule has 0 aromatic heterocycles. The zero-order valence-corrected chi connectivity index (χ0v) is 21.1. The van der Waals surface area contributed by atoms with Crippen molar-refractivity contribution < 1.29 is 9.59 Å². The Bertz CT molecular complexity index is 1460. The van der Waals surface area contributed by atoms with E-state index < -0.39 is 0 Å². The summed E-state index contributed by atoms with van der Waals surface area (Å²) in [5, 5.41) is 0. The van der Waals surface area contributed by atoms with E-state index in [0.29, 0.717) is 22.3 Å². The van der Waals surface area contributed by atoms with Crippen molar-refractivity contribution >= 4 is 11.6 Å². The van der Waals surface area contributed by atoms with E-state index in [2.05, 4.69) is 64.1 Å². The van der Waals surface area contributed by atoms with Crippen LogP contribution in [-0.2, 0) is 0 Å². The van der Waals surface area contributed by atoms with E-state index in [-0.39, 0.29) is 23.4 Å². The van der Waals surface area contributed by atoms with Gasteiger partial charge in [0.15, 0.2) is 11.6 Å². The first kappa shape index (κ1) is 22.4. The lowest BCUT2D eigenvalue weighted by molar-refractivity contribution is 0.100. The molecule has 4 aromatic carbocycles. The van der Waals surface area contributed by atoms with Gasteiger partial charge in [0, 0.05) is 34.1 Å². The number of ketones is 2. The molecule has 0 aliphatic heterocycles. The Morgan fingerprint density at radius 3 is 1.17 bits per heavy atom. The third-order valence-corrected chi connectivity index (χ3v) is 7.54. The second-order valence-corrected chi connectivity index (χ2v) is 10.4. The Balaban J connectivity index is 1.70. The highest BCUT2D eigenvalue weighted by Crippen LogP contribution is 2.51. The van der Waals surface area contributed by atoms with Crippen molar-refractivity contribution in [2.45, 2.75) is 39.5 Å². The number of Topliss-reactive ketones (excluding diaryl/α,β-unsaturated/α-hetero) is 2. The summed E-state index contributed by atoms with van der Waals surface area (Å²) < 4.78 is 0. The van der Waals surface area contributed by atoms with E-state index >= 15 is 0 Å². The standard InChI is InChI=1S/C34H28O2/c1-19-13-20(2)16-23(15-19)29-25-9-5-7-11-27(25)33(35)31(29)32-30(24-17-21(3)14-22(4)18-24)26-10-6-8-12-28(26)34(32)36/h5-18,29-30H,1-4H3/b32-31+/t29-,30-/m1/s1. The maximum Gasteiger partial charge on any atom is 0.190 e. The van der Waals surface area contributed by atoms with Crippen LogP contribution in [0.5, 0.6) is 0 Å². The van der Waals surface area contributed by atoms with Crippen LogP contribution in [0.4, 0.5) is 0 Å². The molecule has 2 atom stereocenters. The number of allylic oxidation sites excluding steroid dienone is 2. The SMILES string of the molecule is Cc1cc(C)cc([C@H]2/C(=C3\C(=O)c4ccccc4[C@H]3c3cc(C)cc(C)c3)C(=O)c3ccccc32)c1. The van der Waals surface area contributed by atoms with Crippen LogP contribution in [0, 0.1) is 27.7 Å². The largest absolute Gasteiger partial charge is 0.289 e. The minimum atomic E-state index is -0.269. The summed E-state index contributed by atoms with van der Waals surface area (Å²) in [6.07, 6.45) is 0. The van der Waals surface area contributed by atoms with Gasteiger partial charge in [-0.3, -0.25) is 9.59 Å². The Morgan fingerprint density at radius 1 is 0.472 bits per heavy atom. The van der Waals surface area contributed by atoms with Crippen molar-refractivity contribution in [2.24, 2.45) is 0 Å². The highest BCUT2D eigenvalue weighted by molar-refractivity contribution is 6.24. The quantitative estimate of drug-likeness (QED) is 0.284. The van der Waals surface area contributed by atoms with Crippen LogP contribution >= 0.6 is 0 Å². The lowest BCUT2D eigenvalue weighted by atomic mass is 9.80. The zero-order valence-electron chi connectivity index (χ0n) is 21.1.